The molecular formula is C29H29F3N4O4. The average molecular weight is 555 g/mol. The van der Waals surface area contributed by atoms with Gasteiger partial charge in [-0.25, -0.2) is 18.2 Å². The van der Waals surface area contributed by atoms with Crippen molar-refractivity contribution in [2.45, 2.75) is 44.8 Å². The number of aliphatic hydroxyl groups is 2. The van der Waals surface area contributed by atoms with Crippen molar-refractivity contribution < 1.29 is 32.9 Å². The number of carbonyl (C=O) groups is 1. The highest BCUT2D eigenvalue weighted by atomic mass is 19.3. The summed E-state index contributed by atoms with van der Waals surface area (Å²) in [4.78, 5) is 17.4. The Hall–Kier alpha value is -4.09. The van der Waals surface area contributed by atoms with E-state index >= 15 is 8.78 Å². The van der Waals surface area contributed by atoms with Gasteiger partial charge in [0.1, 0.15) is 17.1 Å². The highest BCUT2D eigenvalue weighted by Crippen LogP contribution is 2.39. The standard InChI is InChI=1S/C29H29F3N4O4/c1-16-10-18-11-19(12-23(40-5)25(18)36-35-16)26(37)33-15-29(39,28(4,31)32)24-14-20(27(2,3)38)13-22(34-24)17-6-8-21(30)9-7-17/h6-14,38-39H,15H2,1-5H3,(H,33,37). The molecule has 11 heteroatoms. The van der Waals surface area contributed by atoms with Gasteiger partial charge in [-0.1, -0.05) is 0 Å². The van der Waals surface area contributed by atoms with Crippen LogP contribution in [0.5, 0.6) is 5.75 Å². The van der Waals surface area contributed by atoms with Crippen LogP contribution >= 0.6 is 0 Å². The molecule has 0 saturated carbocycles. The Labute approximate surface area is 228 Å². The van der Waals surface area contributed by atoms with Crippen molar-refractivity contribution >= 4 is 16.8 Å². The van der Waals surface area contributed by atoms with Gasteiger partial charge < -0.3 is 20.3 Å². The summed E-state index contributed by atoms with van der Waals surface area (Å²) in [6.07, 6.45) is 0. The fraction of sp³-hybridized carbons (Fsp3) is 0.310. The first-order chi connectivity index (χ1) is 18.6. The van der Waals surface area contributed by atoms with Gasteiger partial charge in [0.2, 0.25) is 0 Å². The number of hydrogen-bond acceptors (Lipinski definition) is 7. The van der Waals surface area contributed by atoms with Crippen molar-refractivity contribution in [2.24, 2.45) is 0 Å². The maximum Gasteiger partial charge on any atom is 0.280 e. The van der Waals surface area contributed by atoms with Crippen molar-refractivity contribution in [3.8, 4) is 17.0 Å². The van der Waals surface area contributed by atoms with Crippen LogP contribution in [0.3, 0.4) is 0 Å². The molecule has 2 aromatic carbocycles. The van der Waals surface area contributed by atoms with Gasteiger partial charge in [-0.15, -0.1) is 5.10 Å². The Morgan fingerprint density at radius 2 is 1.68 bits per heavy atom. The lowest BCUT2D eigenvalue weighted by Crippen LogP contribution is -2.52. The zero-order valence-electron chi connectivity index (χ0n) is 22.6. The number of aryl methyl sites for hydroxylation is 1. The van der Waals surface area contributed by atoms with Gasteiger partial charge >= 0.3 is 0 Å². The zero-order valence-corrected chi connectivity index (χ0v) is 22.6. The third kappa shape index (κ3) is 5.75. The average Bonchev–Trinajstić information content (AvgIpc) is 2.89. The summed E-state index contributed by atoms with van der Waals surface area (Å²) < 4.78 is 49.1. The molecule has 2 heterocycles. The van der Waals surface area contributed by atoms with Gasteiger partial charge in [0.05, 0.1) is 36.3 Å². The van der Waals surface area contributed by atoms with E-state index in [0.29, 0.717) is 29.1 Å². The van der Waals surface area contributed by atoms with Gasteiger partial charge in [0.25, 0.3) is 11.8 Å². The number of ether oxygens (including phenoxy) is 1. The molecule has 0 aliphatic carbocycles. The zero-order chi connectivity index (χ0) is 29.5. The van der Waals surface area contributed by atoms with Crippen LogP contribution in [0.25, 0.3) is 22.2 Å². The van der Waals surface area contributed by atoms with E-state index in [0.717, 1.165) is 6.07 Å². The molecule has 0 fully saturated rings. The van der Waals surface area contributed by atoms with Crippen LogP contribution in [0.4, 0.5) is 13.2 Å². The molecule has 1 unspecified atom stereocenters. The summed E-state index contributed by atoms with van der Waals surface area (Å²) in [5.74, 6) is -4.79. The number of pyridine rings is 1. The molecule has 1 amide bonds. The van der Waals surface area contributed by atoms with Gasteiger partial charge in [0.15, 0.2) is 5.60 Å². The van der Waals surface area contributed by atoms with Crippen molar-refractivity contribution in [3.05, 3.63) is 82.9 Å². The number of amides is 1. The molecule has 4 rings (SSSR count). The number of carbonyl (C=O) groups excluding carboxylic acids is 1. The smallest absolute Gasteiger partial charge is 0.280 e. The quantitative estimate of drug-likeness (QED) is 0.290. The number of fused-ring (bicyclic) bond motifs is 1. The lowest BCUT2D eigenvalue weighted by Gasteiger charge is -2.34. The summed E-state index contributed by atoms with van der Waals surface area (Å²) >= 11 is 0. The molecule has 0 saturated heterocycles. The Morgan fingerprint density at radius 3 is 2.27 bits per heavy atom. The minimum atomic E-state index is -3.79. The van der Waals surface area contributed by atoms with Crippen LogP contribution < -0.4 is 10.1 Å². The number of nitrogens with zero attached hydrogens (tertiary/aromatic N) is 3. The third-order valence-corrected chi connectivity index (χ3v) is 6.59. The fourth-order valence-corrected chi connectivity index (χ4v) is 4.16. The minimum absolute atomic E-state index is 0.0868. The SMILES string of the molecule is COc1cc(C(=O)NCC(O)(c2cc(C(C)(C)O)cc(-c3ccc(F)cc3)n2)C(C)(F)F)cc2cc(C)nnc12. The molecule has 0 spiro atoms. The maximum absolute atomic E-state index is 15.1. The van der Waals surface area contributed by atoms with Crippen molar-refractivity contribution in [3.63, 3.8) is 0 Å². The van der Waals surface area contributed by atoms with Gasteiger partial charge in [-0.3, -0.25) is 4.79 Å². The molecule has 0 radical (unpaired) electrons. The number of hydrogen-bond donors (Lipinski definition) is 3. The molecule has 40 heavy (non-hydrogen) atoms. The first-order valence-electron chi connectivity index (χ1n) is 12.3. The van der Waals surface area contributed by atoms with Crippen molar-refractivity contribution in [1.29, 1.82) is 0 Å². The lowest BCUT2D eigenvalue weighted by molar-refractivity contribution is -0.174. The van der Waals surface area contributed by atoms with Gasteiger partial charge in [-0.2, -0.15) is 5.10 Å². The normalized spacial score (nSPS) is 13.7. The van der Waals surface area contributed by atoms with Crippen LogP contribution in [0.1, 0.15) is 48.1 Å². The van der Waals surface area contributed by atoms with E-state index < -0.39 is 41.1 Å². The van der Waals surface area contributed by atoms with Gasteiger partial charge in [-0.05, 0) is 80.9 Å². The Balaban J connectivity index is 1.75. The topological polar surface area (TPSA) is 117 Å². The molecule has 4 aromatic rings. The number of alkyl halides is 2. The van der Waals surface area contributed by atoms with E-state index in [4.69, 9.17) is 4.74 Å². The summed E-state index contributed by atoms with van der Waals surface area (Å²) in [6, 6.07) is 12.4. The van der Waals surface area contributed by atoms with E-state index in [-0.39, 0.29) is 22.6 Å². The summed E-state index contributed by atoms with van der Waals surface area (Å²) in [7, 11) is 1.40. The predicted octanol–water partition coefficient (Wildman–Crippen LogP) is 4.65. The van der Waals surface area contributed by atoms with Crippen molar-refractivity contribution in [2.75, 3.05) is 13.7 Å². The summed E-state index contributed by atoms with van der Waals surface area (Å²) in [6.45, 7) is 4.21. The van der Waals surface area contributed by atoms with Crippen LogP contribution in [0.2, 0.25) is 0 Å². The Kier molecular flexibility index (Phi) is 7.57. The number of nitrogens with one attached hydrogen (secondary N) is 1. The van der Waals surface area contributed by atoms with E-state index in [1.165, 1.54) is 63.4 Å². The maximum atomic E-state index is 15.1. The number of halogens is 3. The predicted molar refractivity (Wildman–Crippen MR) is 143 cm³/mol. The van der Waals surface area contributed by atoms with Crippen LogP contribution in [-0.4, -0.2) is 50.9 Å². The summed E-state index contributed by atoms with van der Waals surface area (Å²) in [5.41, 5.74) is -3.18. The molecule has 0 aliphatic rings. The molecule has 8 nitrogen and oxygen atoms in total. The first kappa shape index (κ1) is 28.9. The molecule has 3 N–H and O–H groups in total. The van der Waals surface area contributed by atoms with E-state index in [1.807, 2.05) is 0 Å². The van der Waals surface area contributed by atoms with Crippen LogP contribution in [0.15, 0.2) is 54.6 Å². The lowest BCUT2D eigenvalue weighted by atomic mass is 9.87. The van der Waals surface area contributed by atoms with Crippen LogP contribution in [0, 0.1) is 12.7 Å². The molecule has 1 atom stereocenters. The van der Waals surface area contributed by atoms with Crippen molar-refractivity contribution in [1.82, 2.24) is 20.5 Å². The first-order valence-corrected chi connectivity index (χ1v) is 12.3. The molecule has 210 valence electrons. The van der Waals surface area contributed by atoms with E-state index in [2.05, 4.69) is 20.5 Å². The largest absolute Gasteiger partial charge is 0.494 e. The number of aromatic nitrogens is 3. The molecule has 0 aliphatic heterocycles. The second-order valence-electron chi connectivity index (χ2n) is 10.2. The second kappa shape index (κ2) is 10.5. The highest BCUT2D eigenvalue weighted by molar-refractivity contribution is 5.99. The van der Waals surface area contributed by atoms with Gasteiger partial charge in [0, 0.05) is 23.4 Å². The van der Waals surface area contributed by atoms with E-state index in [1.54, 1.807) is 13.0 Å². The second-order valence-corrected chi connectivity index (χ2v) is 10.2. The van der Waals surface area contributed by atoms with Crippen LogP contribution in [-0.2, 0) is 11.2 Å². The highest BCUT2D eigenvalue weighted by Gasteiger charge is 2.52. The summed E-state index contributed by atoms with van der Waals surface area (Å²) in [5, 5.41) is 33.1. The number of methoxy groups -OCH3 is 1. The number of rotatable bonds is 8. The Bertz CT molecular complexity index is 1570. The fourth-order valence-electron chi connectivity index (χ4n) is 4.16. The van der Waals surface area contributed by atoms with E-state index in [9.17, 15) is 19.4 Å². The Morgan fingerprint density at radius 1 is 1.00 bits per heavy atom. The monoisotopic (exact) mass is 554 g/mol. The number of benzene rings is 2. The minimum Gasteiger partial charge on any atom is -0.494 e. The molecular weight excluding hydrogens is 525 g/mol. The molecule has 0 bridgehead atoms. The third-order valence-electron chi connectivity index (χ3n) is 6.59. The molecule has 2 aromatic heterocycles.